The number of amides is 1. The normalized spacial score (nSPS) is 37.0. The molecular formula is C11H18N2O. The van der Waals surface area contributed by atoms with Gasteiger partial charge in [-0.15, -0.1) is 0 Å². The van der Waals surface area contributed by atoms with Crippen LogP contribution >= 0.6 is 0 Å². The second-order valence-electron chi connectivity index (χ2n) is 4.91. The maximum Gasteiger partial charge on any atom is 0.225 e. The van der Waals surface area contributed by atoms with Crippen LogP contribution in [0.1, 0.15) is 25.7 Å². The molecule has 3 rings (SSSR count). The van der Waals surface area contributed by atoms with Crippen molar-refractivity contribution in [3.63, 3.8) is 0 Å². The van der Waals surface area contributed by atoms with Crippen molar-refractivity contribution in [1.82, 2.24) is 10.2 Å². The lowest BCUT2D eigenvalue weighted by molar-refractivity contribution is -0.133. The number of nitrogens with one attached hydrogen (secondary N) is 1. The third kappa shape index (κ3) is 1.34. The number of piperidine rings is 1. The van der Waals surface area contributed by atoms with Crippen LogP contribution in [0, 0.1) is 11.8 Å². The summed E-state index contributed by atoms with van der Waals surface area (Å²) in [6.45, 7) is 3.20. The van der Waals surface area contributed by atoms with Crippen LogP contribution < -0.4 is 5.32 Å². The maximum absolute atomic E-state index is 12.0. The summed E-state index contributed by atoms with van der Waals surface area (Å²) in [5, 5.41) is 3.41. The van der Waals surface area contributed by atoms with Gasteiger partial charge < -0.3 is 10.2 Å². The average Bonchev–Trinajstić information content (AvgIpc) is 2.97. The number of carbonyl (C=O) groups excluding carboxylic acids is 1. The molecule has 0 radical (unpaired) electrons. The van der Waals surface area contributed by atoms with E-state index in [1.165, 1.54) is 12.8 Å². The highest BCUT2D eigenvalue weighted by Gasteiger charge is 2.42. The molecule has 0 unspecified atom stereocenters. The summed E-state index contributed by atoms with van der Waals surface area (Å²) in [5.74, 6) is 1.64. The molecule has 2 heterocycles. The Balaban J connectivity index is 1.71. The van der Waals surface area contributed by atoms with Gasteiger partial charge >= 0.3 is 0 Å². The van der Waals surface area contributed by atoms with E-state index in [4.69, 9.17) is 0 Å². The van der Waals surface area contributed by atoms with Gasteiger partial charge in [0.2, 0.25) is 5.91 Å². The molecule has 0 bridgehead atoms. The molecule has 3 nitrogen and oxygen atoms in total. The smallest absolute Gasteiger partial charge is 0.225 e. The summed E-state index contributed by atoms with van der Waals surface area (Å²) in [7, 11) is 0. The number of hydrogen-bond acceptors (Lipinski definition) is 2. The molecule has 0 aromatic heterocycles. The zero-order valence-electron chi connectivity index (χ0n) is 8.54. The lowest BCUT2D eigenvalue weighted by atomic mass is 9.93. The van der Waals surface area contributed by atoms with Crippen molar-refractivity contribution in [3.8, 4) is 0 Å². The molecular weight excluding hydrogens is 176 g/mol. The van der Waals surface area contributed by atoms with E-state index >= 15 is 0 Å². The van der Waals surface area contributed by atoms with Gasteiger partial charge in [-0.3, -0.25) is 4.79 Å². The second kappa shape index (κ2) is 3.23. The van der Waals surface area contributed by atoms with E-state index in [1.54, 1.807) is 0 Å². The molecule has 1 saturated carbocycles. The molecule has 2 aliphatic heterocycles. The first-order chi connectivity index (χ1) is 6.86. The number of hydrogen-bond donors (Lipinski definition) is 1. The molecule has 3 fully saturated rings. The van der Waals surface area contributed by atoms with E-state index in [9.17, 15) is 4.79 Å². The van der Waals surface area contributed by atoms with Gasteiger partial charge in [0, 0.05) is 25.0 Å². The molecule has 0 spiro atoms. The summed E-state index contributed by atoms with van der Waals surface area (Å²) >= 11 is 0. The first-order valence-corrected chi connectivity index (χ1v) is 5.87. The number of nitrogens with zero attached hydrogens (tertiary/aromatic N) is 1. The highest BCUT2D eigenvalue weighted by Crippen LogP contribution is 2.36. The number of likely N-dealkylation sites (tertiary alicyclic amines) is 1. The van der Waals surface area contributed by atoms with Crippen LogP contribution in [-0.2, 0) is 4.79 Å². The molecule has 2 atom stereocenters. The van der Waals surface area contributed by atoms with Crippen molar-refractivity contribution in [2.45, 2.75) is 31.7 Å². The highest BCUT2D eigenvalue weighted by molar-refractivity contribution is 5.81. The Morgan fingerprint density at radius 3 is 2.86 bits per heavy atom. The van der Waals surface area contributed by atoms with E-state index in [1.807, 2.05) is 0 Å². The minimum Gasteiger partial charge on any atom is -0.338 e. The quantitative estimate of drug-likeness (QED) is 0.663. The van der Waals surface area contributed by atoms with E-state index in [0.717, 1.165) is 38.4 Å². The number of rotatable bonds is 1. The van der Waals surface area contributed by atoms with Gasteiger partial charge in [0.05, 0.1) is 0 Å². The minimum absolute atomic E-state index is 0.399. The van der Waals surface area contributed by atoms with Crippen molar-refractivity contribution in [3.05, 3.63) is 0 Å². The molecule has 0 aromatic rings. The molecule has 3 aliphatic rings. The van der Waals surface area contributed by atoms with Gasteiger partial charge in [-0.25, -0.2) is 0 Å². The Bertz CT molecular complexity index is 250. The Hall–Kier alpha value is -0.570. The molecule has 3 heteroatoms. The van der Waals surface area contributed by atoms with E-state index in [0.29, 0.717) is 17.9 Å². The molecule has 0 aromatic carbocycles. The van der Waals surface area contributed by atoms with Gasteiger partial charge in [0.15, 0.2) is 0 Å². The van der Waals surface area contributed by atoms with E-state index in [2.05, 4.69) is 10.2 Å². The topological polar surface area (TPSA) is 32.3 Å². The fourth-order valence-electron chi connectivity index (χ4n) is 2.91. The van der Waals surface area contributed by atoms with Gasteiger partial charge in [0.25, 0.3) is 0 Å². The largest absolute Gasteiger partial charge is 0.338 e. The Morgan fingerprint density at radius 2 is 2.07 bits per heavy atom. The van der Waals surface area contributed by atoms with Crippen LogP contribution in [0.25, 0.3) is 0 Å². The Morgan fingerprint density at radius 1 is 1.21 bits per heavy atom. The second-order valence-corrected chi connectivity index (χ2v) is 4.91. The SMILES string of the molecule is O=C(C1CC1)N1CC[C@H]2CCNC[C@H]21. The van der Waals surface area contributed by atoms with Crippen molar-refractivity contribution in [1.29, 1.82) is 0 Å². The fourth-order valence-corrected chi connectivity index (χ4v) is 2.91. The summed E-state index contributed by atoms with van der Waals surface area (Å²) in [6.07, 6.45) is 4.78. The monoisotopic (exact) mass is 194 g/mol. The number of carbonyl (C=O) groups is 1. The molecule has 1 amide bonds. The standard InChI is InChI=1S/C11H18N2O/c14-11(9-1-2-9)13-6-4-8-3-5-12-7-10(8)13/h8-10,12H,1-7H2/t8-,10-/m1/s1. The van der Waals surface area contributed by atoms with Crippen molar-refractivity contribution in [2.75, 3.05) is 19.6 Å². The summed E-state index contributed by atoms with van der Waals surface area (Å²) in [5.41, 5.74) is 0. The maximum atomic E-state index is 12.0. The zero-order valence-corrected chi connectivity index (χ0v) is 8.54. The first-order valence-electron chi connectivity index (χ1n) is 5.87. The van der Waals surface area contributed by atoms with Gasteiger partial charge in [-0.05, 0) is 38.1 Å². The van der Waals surface area contributed by atoms with Crippen LogP contribution in [0.2, 0.25) is 0 Å². The van der Waals surface area contributed by atoms with Crippen LogP contribution in [0.3, 0.4) is 0 Å². The van der Waals surface area contributed by atoms with Crippen molar-refractivity contribution < 1.29 is 4.79 Å². The summed E-state index contributed by atoms with van der Waals surface area (Å²) in [6, 6.07) is 0.525. The third-order valence-corrected chi connectivity index (χ3v) is 3.94. The lowest BCUT2D eigenvalue weighted by Gasteiger charge is -2.32. The predicted octanol–water partition coefficient (Wildman–Crippen LogP) is 0.607. The Labute approximate surface area is 84.8 Å². The van der Waals surface area contributed by atoms with Crippen molar-refractivity contribution >= 4 is 5.91 Å². The average molecular weight is 194 g/mol. The minimum atomic E-state index is 0.399. The molecule has 1 aliphatic carbocycles. The predicted molar refractivity (Wildman–Crippen MR) is 53.8 cm³/mol. The van der Waals surface area contributed by atoms with Crippen LogP contribution in [-0.4, -0.2) is 36.5 Å². The zero-order chi connectivity index (χ0) is 9.54. The molecule has 2 saturated heterocycles. The summed E-state index contributed by atoms with van der Waals surface area (Å²) < 4.78 is 0. The van der Waals surface area contributed by atoms with E-state index in [-0.39, 0.29) is 0 Å². The summed E-state index contributed by atoms with van der Waals surface area (Å²) in [4.78, 5) is 14.1. The Kier molecular flexibility index (Phi) is 2.01. The first kappa shape index (κ1) is 8.72. The van der Waals surface area contributed by atoms with Crippen LogP contribution in [0.5, 0.6) is 0 Å². The van der Waals surface area contributed by atoms with Gasteiger partial charge in [-0.2, -0.15) is 0 Å². The van der Waals surface area contributed by atoms with Gasteiger partial charge in [0.1, 0.15) is 0 Å². The van der Waals surface area contributed by atoms with Gasteiger partial charge in [-0.1, -0.05) is 0 Å². The lowest BCUT2D eigenvalue weighted by Crippen LogP contribution is -2.48. The highest BCUT2D eigenvalue weighted by atomic mass is 16.2. The van der Waals surface area contributed by atoms with Crippen LogP contribution in [0.15, 0.2) is 0 Å². The van der Waals surface area contributed by atoms with Crippen LogP contribution in [0.4, 0.5) is 0 Å². The number of fused-ring (bicyclic) bond motifs is 1. The van der Waals surface area contributed by atoms with Crippen molar-refractivity contribution in [2.24, 2.45) is 11.8 Å². The molecule has 14 heavy (non-hydrogen) atoms. The fraction of sp³-hybridized carbons (Fsp3) is 0.909. The molecule has 78 valence electrons. The molecule has 1 N–H and O–H groups in total. The third-order valence-electron chi connectivity index (χ3n) is 3.94. The van der Waals surface area contributed by atoms with E-state index < -0.39 is 0 Å².